The molecule has 1 heterocycles. The number of amidine groups is 1. The Kier molecular flexibility index (Phi) is 4.10. The van der Waals surface area contributed by atoms with Gasteiger partial charge in [0.15, 0.2) is 0 Å². The summed E-state index contributed by atoms with van der Waals surface area (Å²) in [6.07, 6.45) is 8.89. The molecule has 3 nitrogen and oxygen atoms in total. The highest BCUT2D eigenvalue weighted by atomic mass is 19.1. The van der Waals surface area contributed by atoms with Gasteiger partial charge in [-0.2, -0.15) is 0 Å². The molecule has 1 aliphatic carbocycles. The summed E-state index contributed by atoms with van der Waals surface area (Å²) in [5, 5.41) is 2.66. The van der Waals surface area contributed by atoms with E-state index in [0.717, 1.165) is 6.08 Å². The molecule has 0 atom stereocenters. The third-order valence-corrected chi connectivity index (χ3v) is 3.05. The summed E-state index contributed by atoms with van der Waals surface area (Å²) in [6.45, 7) is 5.25. The first-order chi connectivity index (χ1) is 9.10. The fraction of sp³-hybridized carbons (Fsp3) is 0.333. The van der Waals surface area contributed by atoms with Crippen LogP contribution in [0.2, 0.25) is 0 Å². The van der Waals surface area contributed by atoms with Crippen molar-refractivity contribution in [3.05, 3.63) is 48.0 Å². The molecule has 1 fully saturated rings. The van der Waals surface area contributed by atoms with Gasteiger partial charge in [-0.25, -0.2) is 9.38 Å². The van der Waals surface area contributed by atoms with E-state index >= 15 is 0 Å². The van der Waals surface area contributed by atoms with Crippen LogP contribution in [0.3, 0.4) is 0 Å². The average molecular weight is 260 g/mol. The van der Waals surface area contributed by atoms with Crippen molar-refractivity contribution in [3.63, 3.8) is 0 Å². The summed E-state index contributed by atoms with van der Waals surface area (Å²) in [5.41, 5.74) is 1.36. The maximum atomic E-state index is 13.2. The molecule has 19 heavy (non-hydrogen) atoms. The van der Waals surface area contributed by atoms with Gasteiger partial charge in [0.2, 0.25) is 0 Å². The number of carbonyl (C=O) groups excluding carboxylic acids is 1. The average Bonchev–Trinajstić information content (AvgIpc) is 3.10. The van der Waals surface area contributed by atoms with E-state index in [4.69, 9.17) is 0 Å². The second-order valence-electron chi connectivity index (χ2n) is 4.74. The number of nitrogens with one attached hydrogen (secondary N) is 1. The fourth-order valence-electron chi connectivity index (χ4n) is 1.88. The smallest absolute Gasteiger partial charge is 0.256 e. The normalized spacial score (nSPS) is 19.4. The van der Waals surface area contributed by atoms with Crippen LogP contribution in [0, 0.1) is 5.92 Å². The van der Waals surface area contributed by atoms with E-state index < -0.39 is 11.7 Å². The molecule has 0 aromatic rings. The second kappa shape index (κ2) is 5.78. The number of nitrogens with zero attached hydrogens (tertiary/aromatic N) is 1. The molecule has 0 aromatic carbocycles. The Balaban J connectivity index is 1.85. The lowest BCUT2D eigenvalue weighted by Crippen LogP contribution is -2.30. The molecular formula is C15H17FN2O. The van der Waals surface area contributed by atoms with Gasteiger partial charge in [0.25, 0.3) is 5.91 Å². The van der Waals surface area contributed by atoms with Crippen LogP contribution in [-0.4, -0.2) is 11.7 Å². The van der Waals surface area contributed by atoms with Gasteiger partial charge in [0.05, 0.1) is 0 Å². The maximum Gasteiger partial charge on any atom is 0.256 e. The first kappa shape index (κ1) is 13.5. The minimum Gasteiger partial charge on any atom is -0.310 e. The summed E-state index contributed by atoms with van der Waals surface area (Å²) < 4.78 is 13.2. The van der Waals surface area contributed by atoms with Crippen LogP contribution in [0.15, 0.2) is 53.0 Å². The number of allylic oxidation sites excluding steroid dienone is 3. The molecule has 1 aliphatic heterocycles. The molecule has 0 radical (unpaired) electrons. The number of carbonyl (C=O) groups is 1. The van der Waals surface area contributed by atoms with Gasteiger partial charge in [-0.1, -0.05) is 12.7 Å². The summed E-state index contributed by atoms with van der Waals surface area (Å²) in [5.74, 6) is 0.359. The Morgan fingerprint density at radius 1 is 1.58 bits per heavy atom. The molecule has 0 unspecified atom stereocenters. The standard InChI is InChI=1S/C15H17FN2O/c1-3-4-13(16)7-10(2)15(19)18-14-8-12(9-17-14)11-5-6-11/h3-4,7,9,11H,2,5-6,8H2,1H3,(H,17,18,19)/b4-3-,13-7+. The molecule has 1 amide bonds. The van der Waals surface area contributed by atoms with Crippen molar-refractivity contribution in [2.75, 3.05) is 0 Å². The molecule has 1 saturated carbocycles. The minimum atomic E-state index is -0.493. The van der Waals surface area contributed by atoms with E-state index in [2.05, 4.69) is 16.9 Å². The molecule has 0 spiro atoms. The molecule has 2 rings (SSSR count). The largest absolute Gasteiger partial charge is 0.310 e. The first-order valence-corrected chi connectivity index (χ1v) is 6.36. The highest BCUT2D eigenvalue weighted by Crippen LogP contribution is 2.39. The number of hydrogen-bond donors (Lipinski definition) is 1. The van der Waals surface area contributed by atoms with Crippen molar-refractivity contribution in [2.24, 2.45) is 10.9 Å². The summed E-state index contributed by atoms with van der Waals surface area (Å²) in [4.78, 5) is 16.0. The molecule has 0 bridgehead atoms. The number of aliphatic imine (C=N–C) groups is 1. The Labute approximate surface area is 112 Å². The van der Waals surface area contributed by atoms with Crippen LogP contribution in [0.25, 0.3) is 0 Å². The summed E-state index contributed by atoms with van der Waals surface area (Å²) in [6, 6.07) is 0. The third kappa shape index (κ3) is 3.74. The van der Waals surface area contributed by atoms with Crippen molar-refractivity contribution < 1.29 is 9.18 Å². The molecular weight excluding hydrogens is 243 g/mol. The van der Waals surface area contributed by atoms with Gasteiger partial charge in [-0.3, -0.25) is 4.79 Å². The van der Waals surface area contributed by atoms with Gasteiger partial charge in [-0.05, 0) is 43.4 Å². The molecule has 0 saturated heterocycles. The third-order valence-electron chi connectivity index (χ3n) is 3.05. The van der Waals surface area contributed by atoms with E-state index in [1.54, 1.807) is 13.0 Å². The highest BCUT2D eigenvalue weighted by Gasteiger charge is 2.29. The number of amides is 1. The van der Waals surface area contributed by atoms with E-state index in [1.807, 2.05) is 6.20 Å². The SMILES string of the molecule is C=C(/C=C(F)\C=C/C)C(=O)NC1=NC=C(C2CC2)C1. The van der Waals surface area contributed by atoms with E-state index in [0.29, 0.717) is 18.2 Å². The van der Waals surface area contributed by atoms with Crippen LogP contribution in [-0.2, 0) is 4.79 Å². The van der Waals surface area contributed by atoms with Gasteiger partial charge >= 0.3 is 0 Å². The zero-order valence-corrected chi connectivity index (χ0v) is 10.9. The lowest BCUT2D eigenvalue weighted by molar-refractivity contribution is -0.115. The Morgan fingerprint density at radius 2 is 2.32 bits per heavy atom. The quantitative estimate of drug-likeness (QED) is 0.612. The number of hydrogen-bond acceptors (Lipinski definition) is 2. The first-order valence-electron chi connectivity index (χ1n) is 6.36. The Bertz CT molecular complexity index is 522. The van der Waals surface area contributed by atoms with Crippen LogP contribution in [0.5, 0.6) is 0 Å². The zero-order valence-electron chi connectivity index (χ0n) is 10.9. The number of halogens is 1. The van der Waals surface area contributed by atoms with Crippen molar-refractivity contribution in [1.82, 2.24) is 5.32 Å². The van der Waals surface area contributed by atoms with E-state index in [9.17, 15) is 9.18 Å². The van der Waals surface area contributed by atoms with Crippen LogP contribution in [0.1, 0.15) is 26.2 Å². The number of rotatable bonds is 4. The lowest BCUT2D eigenvalue weighted by atomic mass is 10.1. The monoisotopic (exact) mass is 260 g/mol. The van der Waals surface area contributed by atoms with Gasteiger partial charge in [0, 0.05) is 18.2 Å². The van der Waals surface area contributed by atoms with E-state index in [-0.39, 0.29) is 5.57 Å². The Hall–Kier alpha value is -1.97. The molecule has 1 N–H and O–H groups in total. The molecule has 2 aliphatic rings. The molecule has 4 heteroatoms. The van der Waals surface area contributed by atoms with Crippen LogP contribution in [0.4, 0.5) is 4.39 Å². The predicted molar refractivity (Wildman–Crippen MR) is 74.1 cm³/mol. The zero-order chi connectivity index (χ0) is 13.8. The van der Waals surface area contributed by atoms with E-state index in [1.165, 1.54) is 24.5 Å². The summed E-state index contributed by atoms with van der Waals surface area (Å²) in [7, 11) is 0. The second-order valence-corrected chi connectivity index (χ2v) is 4.74. The molecule has 100 valence electrons. The van der Waals surface area contributed by atoms with Crippen molar-refractivity contribution in [3.8, 4) is 0 Å². The van der Waals surface area contributed by atoms with Gasteiger partial charge < -0.3 is 5.32 Å². The van der Waals surface area contributed by atoms with Crippen molar-refractivity contribution in [1.29, 1.82) is 0 Å². The molecule has 0 aromatic heterocycles. The van der Waals surface area contributed by atoms with Crippen molar-refractivity contribution >= 4 is 11.7 Å². The topological polar surface area (TPSA) is 41.5 Å². The predicted octanol–water partition coefficient (Wildman–Crippen LogP) is 3.18. The van der Waals surface area contributed by atoms with Gasteiger partial charge in [-0.15, -0.1) is 0 Å². The van der Waals surface area contributed by atoms with Gasteiger partial charge in [0.1, 0.15) is 11.7 Å². The van der Waals surface area contributed by atoms with Crippen LogP contribution >= 0.6 is 0 Å². The fourth-order valence-corrected chi connectivity index (χ4v) is 1.88. The Morgan fingerprint density at radius 3 is 2.95 bits per heavy atom. The van der Waals surface area contributed by atoms with Crippen LogP contribution < -0.4 is 5.32 Å². The minimum absolute atomic E-state index is 0.0816. The maximum absolute atomic E-state index is 13.2. The highest BCUT2D eigenvalue weighted by molar-refractivity contribution is 6.08. The lowest BCUT2D eigenvalue weighted by Gasteiger charge is -2.05. The van der Waals surface area contributed by atoms with Crippen molar-refractivity contribution in [2.45, 2.75) is 26.2 Å². The summed E-state index contributed by atoms with van der Waals surface area (Å²) >= 11 is 0.